The van der Waals surface area contributed by atoms with Crippen LogP contribution in [0.25, 0.3) is 16.3 Å². The van der Waals surface area contributed by atoms with Gasteiger partial charge >= 0.3 is 0 Å². The lowest BCUT2D eigenvalue weighted by atomic mass is 9.56. The number of hydrogen-bond acceptors (Lipinski definition) is 5. The molecule has 1 unspecified atom stereocenters. The van der Waals surface area contributed by atoms with E-state index in [9.17, 15) is 10.2 Å². The molecule has 5 nitrogen and oxygen atoms in total. The van der Waals surface area contributed by atoms with E-state index in [1.807, 2.05) is 31.4 Å². The van der Waals surface area contributed by atoms with Crippen LogP contribution in [0.2, 0.25) is 0 Å². The number of benzene rings is 1. The van der Waals surface area contributed by atoms with Gasteiger partial charge in [0.15, 0.2) is 0 Å². The van der Waals surface area contributed by atoms with E-state index < -0.39 is 17.8 Å². The molecule has 1 saturated carbocycles. The smallest absolute Gasteiger partial charge is 0.105 e. The van der Waals surface area contributed by atoms with Crippen molar-refractivity contribution in [3.63, 3.8) is 0 Å². The third-order valence-electron chi connectivity index (χ3n) is 10.3. The second-order valence-electron chi connectivity index (χ2n) is 12.4. The van der Waals surface area contributed by atoms with E-state index in [2.05, 4.69) is 55.2 Å². The highest BCUT2D eigenvalue weighted by atomic mass is 16.5. The summed E-state index contributed by atoms with van der Waals surface area (Å²) in [6.45, 7) is 4.69. The fraction of sp³-hybridized carbons (Fsp3) is 0.516. The minimum absolute atomic E-state index is 0.0150. The third kappa shape index (κ3) is 2.78. The second-order valence-corrected chi connectivity index (χ2v) is 12.4. The number of aromatic nitrogens is 1. The van der Waals surface area contributed by atoms with Gasteiger partial charge in [0.25, 0.3) is 0 Å². The molecule has 7 rings (SSSR count). The van der Waals surface area contributed by atoms with Crippen LogP contribution in [0.3, 0.4) is 0 Å². The molecule has 188 valence electrons. The van der Waals surface area contributed by atoms with E-state index in [-0.39, 0.29) is 17.1 Å². The number of fused-ring (bicyclic) bond motifs is 2. The van der Waals surface area contributed by atoms with Gasteiger partial charge < -0.3 is 19.8 Å². The molecule has 3 aliphatic carbocycles. The average Bonchev–Trinajstić information content (AvgIpc) is 3.36. The molecule has 2 fully saturated rings. The van der Waals surface area contributed by atoms with Crippen LogP contribution in [0.5, 0.6) is 0 Å². The number of allylic oxidation sites excluding steroid dienone is 3. The van der Waals surface area contributed by atoms with Crippen molar-refractivity contribution in [2.75, 3.05) is 14.1 Å². The highest BCUT2D eigenvalue weighted by Gasteiger charge is 2.68. The lowest BCUT2D eigenvalue weighted by Gasteiger charge is -2.56. The van der Waals surface area contributed by atoms with Crippen molar-refractivity contribution >= 4 is 16.3 Å². The summed E-state index contributed by atoms with van der Waals surface area (Å²) in [6, 6.07) is 8.74. The molecule has 0 amide bonds. The van der Waals surface area contributed by atoms with Crippen molar-refractivity contribution < 1.29 is 14.9 Å². The van der Waals surface area contributed by atoms with Crippen molar-refractivity contribution in [3.05, 3.63) is 71.1 Å². The highest BCUT2D eigenvalue weighted by Crippen LogP contribution is 2.69. The molecule has 1 aromatic heterocycles. The number of likely N-dealkylation sites (N-methyl/N-ethyl adjacent to an activating group) is 1. The molecule has 1 aromatic carbocycles. The summed E-state index contributed by atoms with van der Waals surface area (Å²) in [5, 5.41) is 24.6. The van der Waals surface area contributed by atoms with Gasteiger partial charge in [0.05, 0.1) is 17.3 Å². The van der Waals surface area contributed by atoms with Gasteiger partial charge in [-0.25, -0.2) is 0 Å². The topological polar surface area (TPSA) is 65.8 Å². The predicted octanol–water partition coefficient (Wildman–Crippen LogP) is 4.65. The molecule has 2 aliphatic heterocycles. The summed E-state index contributed by atoms with van der Waals surface area (Å²) in [7, 11) is 3.97. The first kappa shape index (κ1) is 22.9. The molecule has 3 heterocycles. The van der Waals surface area contributed by atoms with E-state index in [1.54, 1.807) is 0 Å². The molecule has 2 aromatic rings. The summed E-state index contributed by atoms with van der Waals surface area (Å²) >= 11 is 0. The van der Waals surface area contributed by atoms with Crippen molar-refractivity contribution in [1.29, 1.82) is 0 Å². The minimum Gasteiger partial charge on any atom is -0.388 e. The zero-order chi connectivity index (χ0) is 25.0. The quantitative estimate of drug-likeness (QED) is 0.650. The molecule has 2 spiro atoms. The molecule has 7 atom stereocenters. The molecule has 2 N–H and O–H groups in total. The molecular formula is C31H36N2O3. The van der Waals surface area contributed by atoms with Gasteiger partial charge in [-0.2, -0.15) is 0 Å². The van der Waals surface area contributed by atoms with Gasteiger partial charge in [-0.3, -0.25) is 4.98 Å². The first-order valence-electron chi connectivity index (χ1n) is 13.4. The molecule has 0 radical (unpaired) electrons. The van der Waals surface area contributed by atoms with Crippen molar-refractivity contribution in [1.82, 2.24) is 9.88 Å². The van der Waals surface area contributed by atoms with Crippen LogP contribution in [0.4, 0.5) is 0 Å². The van der Waals surface area contributed by atoms with Crippen molar-refractivity contribution in [3.8, 4) is 0 Å². The summed E-state index contributed by atoms with van der Waals surface area (Å²) < 4.78 is 7.32. The number of rotatable bonds is 2. The van der Waals surface area contributed by atoms with E-state index in [0.717, 1.165) is 37.7 Å². The average molecular weight is 485 g/mol. The predicted molar refractivity (Wildman–Crippen MR) is 141 cm³/mol. The third-order valence-corrected chi connectivity index (χ3v) is 10.3. The Morgan fingerprint density at radius 3 is 2.75 bits per heavy atom. The summed E-state index contributed by atoms with van der Waals surface area (Å²) in [5.41, 5.74) is 5.41. The van der Waals surface area contributed by atoms with Crippen LogP contribution < -0.4 is 0 Å². The van der Waals surface area contributed by atoms with Gasteiger partial charge in [0, 0.05) is 35.2 Å². The Hall–Kier alpha value is -2.31. The molecular weight excluding hydrogens is 448 g/mol. The van der Waals surface area contributed by atoms with E-state index in [4.69, 9.17) is 4.74 Å². The molecule has 2 bridgehead atoms. The first-order chi connectivity index (χ1) is 17.2. The maximum Gasteiger partial charge on any atom is 0.105 e. The van der Waals surface area contributed by atoms with Crippen LogP contribution in [-0.4, -0.2) is 63.6 Å². The second kappa shape index (κ2) is 7.38. The normalized spacial score (nSPS) is 41.2. The summed E-state index contributed by atoms with van der Waals surface area (Å²) in [4.78, 5) is 6.32. The molecule has 5 heteroatoms. The van der Waals surface area contributed by atoms with Gasteiger partial charge in [-0.15, -0.1) is 0 Å². The number of hydrogen-bond donors (Lipinski definition) is 2. The molecule has 1 saturated heterocycles. The van der Waals surface area contributed by atoms with Crippen LogP contribution in [0, 0.1) is 11.3 Å². The number of ether oxygens (including phenoxy) is 1. The van der Waals surface area contributed by atoms with Gasteiger partial charge in [0.1, 0.15) is 6.10 Å². The fourth-order valence-corrected chi connectivity index (χ4v) is 8.70. The molecule has 5 aliphatic rings. The summed E-state index contributed by atoms with van der Waals surface area (Å²) in [6.07, 6.45) is 11.4. The Bertz CT molecular complexity index is 1370. The standard InChI is InChI=1S/C31H36N2O3/c1-18-15-29(2)22(20-5-6-21-17-32-12-9-19(21)13-20)7-8-26(29)31-11-10-30(36-31)16-25(33(3)4)28(35)27(34)24(30)14-23(18)31/h5-7,9,12-14,17,25-28,34-35H,8,10-11,15-16H2,1-4H3/t25-,26?,27+,28+,29+,30+,31+/m0/s1. The number of nitrogens with zero attached hydrogens (tertiary/aromatic N) is 2. The van der Waals surface area contributed by atoms with Crippen LogP contribution in [0.15, 0.2) is 65.5 Å². The number of aliphatic hydroxyl groups excluding tert-OH is 2. The minimum atomic E-state index is -0.889. The first-order valence-corrected chi connectivity index (χ1v) is 13.4. The van der Waals surface area contributed by atoms with Gasteiger partial charge in [-0.05, 0) is 92.9 Å². The number of aliphatic hydroxyl groups is 2. The van der Waals surface area contributed by atoms with Crippen LogP contribution in [-0.2, 0) is 4.74 Å². The van der Waals surface area contributed by atoms with Crippen molar-refractivity contribution in [2.24, 2.45) is 11.3 Å². The van der Waals surface area contributed by atoms with Crippen LogP contribution in [0.1, 0.15) is 51.5 Å². The Kier molecular flexibility index (Phi) is 4.69. The fourth-order valence-electron chi connectivity index (χ4n) is 8.70. The van der Waals surface area contributed by atoms with E-state index in [0.29, 0.717) is 5.92 Å². The molecule has 36 heavy (non-hydrogen) atoms. The Morgan fingerprint density at radius 2 is 1.94 bits per heavy atom. The zero-order valence-electron chi connectivity index (χ0n) is 21.7. The highest BCUT2D eigenvalue weighted by molar-refractivity contribution is 5.87. The van der Waals surface area contributed by atoms with Gasteiger partial charge in [0.2, 0.25) is 0 Å². The lowest BCUT2D eigenvalue weighted by Crippen LogP contribution is -2.62. The maximum atomic E-state index is 11.2. The van der Waals surface area contributed by atoms with Gasteiger partial charge in [-0.1, -0.05) is 36.8 Å². The maximum absolute atomic E-state index is 11.2. The SMILES string of the molecule is CC1=C2C=C3[C@@H](O)[C@H](O)[C@@H](N(C)C)C[C@]34CC[C@]2(O4)C2CC=C(c3ccc4cnccc4c3)[C@@]2(C)C1. The Balaban J connectivity index is 1.33. The van der Waals surface area contributed by atoms with E-state index >= 15 is 0 Å². The number of pyridine rings is 1. The zero-order valence-corrected chi connectivity index (χ0v) is 21.7. The lowest BCUT2D eigenvalue weighted by molar-refractivity contribution is -0.162. The van der Waals surface area contributed by atoms with Crippen molar-refractivity contribution in [2.45, 2.75) is 75.4 Å². The Morgan fingerprint density at radius 1 is 1.11 bits per heavy atom. The largest absolute Gasteiger partial charge is 0.388 e. The van der Waals surface area contributed by atoms with E-state index in [1.165, 1.54) is 33.1 Å². The summed E-state index contributed by atoms with van der Waals surface area (Å²) in [5.74, 6) is 0.353. The Labute approximate surface area is 213 Å². The van der Waals surface area contributed by atoms with Crippen LogP contribution >= 0.6 is 0 Å². The monoisotopic (exact) mass is 484 g/mol.